The van der Waals surface area contributed by atoms with Crippen LogP contribution in [0.15, 0.2) is 47.4 Å². The number of pyridine rings is 1. The number of ether oxygens (including phenoxy) is 1. The first kappa shape index (κ1) is 18.8. The fourth-order valence-electron chi connectivity index (χ4n) is 2.95. The molecule has 1 aromatic carbocycles. The largest absolute Gasteiger partial charge is 0.376 e. The highest BCUT2D eigenvalue weighted by Gasteiger charge is 2.16. The van der Waals surface area contributed by atoms with Gasteiger partial charge in [-0.15, -0.1) is 0 Å². The van der Waals surface area contributed by atoms with E-state index in [0.29, 0.717) is 17.8 Å². The minimum absolute atomic E-state index is 0.0653. The van der Waals surface area contributed by atoms with E-state index in [1.807, 2.05) is 6.92 Å². The number of rotatable bonds is 6. The summed E-state index contributed by atoms with van der Waals surface area (Å²) in [6, 6.07) is 9.78. The third-order valence-electron chi connectivity index (χ3n) is 4.39. The van der Waals surface area contributed by atoms with Crippen LogP contribution < -0.4 is 16.2 Å². The zero-order chi connectivity index (χ0) is 19.2. The number of aryl methyl sites for hydroxylation is 1. The van der Waals surface area contributed by atoms with Crippen molar-refractivity contribution in [2.24, 2.45) is 0 Å². The quantitative estimate of drug-likeness (QED) is 0.811. The SMILES string of the molecule is Cc1ccc(=O)n(CC(=O)Nc2ccc(C(=O)NCC3CCCO3)cc2)c1. The van der Waals surface area contributed by atoms with E-state index in [2.05, 4.69) is 10.6 Å². The number of aromatic nitrogens is 1. The molecule has 1 aromatic heterocycles. The second kappa shape index (κ2) is 8.64. The zero-order valence-corrected chi connectivity index (χ0v) is 15.2. The molecule has 1 aliphatic rings. The molecular formula is C20H23N3O4. The highest BCUT2D eigenvalue weighted by molar-refractivity contribution is 5.95. The molecule has 0 aliphatic carbocycles. The molecule has 0 bridgehead atoms. The van der Waals surface area contributed by atoms with Crippen LogP contribution in [-0.4, -0.2) is 35.6 Å². The van der Waals surface area contributed by atoms with Gasteiger partial charge in [-0.25, -0.2) is 0 Å². The second-order valence-corrected chi connectivity index (χ2v) is 6.64. The van der Waals surface area contributed by atoms with Crippen molar-refractivity contribution in [1.82, 2.24) is 9.88 Å². The topological polar surface area (TPSA) is 89.4 Å². The molecule has 0 spiro atoms. The Morgan fingerprint density at radius 2 is 1.96 bits per heavy atom. The van der Waals surface area contributed by atoms with Gasteiger partial charge in [0.05, 0.1) is 6.10 Å². The smallest absolute Gasteiger partial charge is 0.251 e. The number of anilines is 1. The van der Waals surface area contributed by atoms with Crippen LogP contribution in [0.25, 0.3) is 0 Å². The first-order valence-electron chi connectivity index (χ1n) is 8.98. The van der Waals surface area contributed by atoms with E-state index in [-0.39, 0.29) is 30.0 Å². The standard InChI is InChI=1S/C20H23N3O4/c1-14-4-9-19(25)23(12-14)13-18(24)22-16-7-5-15(6-8-16)20(26)21-11-17-3-2-10-27-17/h4-9,12,17H,2-3,10-11,13H2,1H3,(H,21,26)(H,22,24). The minimum Gasteiger partial charge on any atom is -0.376 e. The van der Waals surface area contributed by atoms with Gasteiger partial charge in [0.1, 0.15) is 6.54 Å². The number of hydrogen-bond acceptors (Lipinski definition) is 4. The molecule has 0 radical (unpaired) electrons. The first-order chi connectivity index (χ1) is 13.0. The Morgan fingerprint density at radius 3 is 2.67 bits per heavy atom. The Morgan fingerprint density at radius 1 is 1.19 bits per heavy atom. The number of amides is 2. The molecule has 1 unspecified atom stereocenters. The number of carbonyl (C=O) groups excluding carboxylic acids is 2. The Bertz CT molecular complexity index is 868. The van der Waals surface area contributed by atoms with Gasteiger partial charge < -0.3 is 19.9 Å². The van der Waals surface area contributed by atoms with Crippen molar-refractivity contribution in [1.29, 1.82) is 0 Å². The molecule has 2 aromatic rings. The average molecular weight is 369 g/mol. The molecule has 1 fully saturated rings. The van der Waals surface area contributed by atoms with Crippen LogP contribution in [0.5, 0.6) is 0 Å². The average Bonchev–Trinajstić information content (AvgIpc) is 3.17. The maximum atomic E-state index is 12.2. The van der Waals surface area contributed by atoms with Crippen LogP contribution in [-0.2, 0) is 16.1 Å². The Balaban J connectivity index is 1.53. The van der Waals surface area contributed by atoms with Crippen molar-refractivity contribution in [2.45, 2.75) is 32.4 Å². The Hall–Kier alpha value is -2.93. The fourth-order valence-corrected chi connectivity index (χ4v) is 2.95. The van der Waals surface area contributed by atoms with Crippen molar-refractivity contribution in [2.75, 3.05) is 18.5 Å². The van der Waals surface area contributed by atoms with Crippen molar-refractivity contribution in [3.63, 3.8) is 0 Å². The summed E-state index contributed by atoms with van der Waals surface area (Å²) in [5.74, 6) is -0.479. The number of benzene rings is 1. The van der Waals surface area contributed by atoms with E-state index in [9.17, 15) is 14.4 Å². The summed E-state index contributed by atoms with van der Waals surface area (Å²) in [5, 5.41) is 5.59. The summed E-state index contributed by atoms with van der Waals surface area (Å²) in [5.41, 5.74) is 1.76. The molecule has 7 heteroatoms. The van der Waals surface area contributed by atoms with E-state index >= 15 is 0 Å². The second-order valence-electron chi connectivity index (χ2n) is 6.64. The number of carbonyl (C=O) groups is 2. The predicted octanol–water partition coefficient (Wildman–Crippen LogP) is 1.70. The Kier molecular flexibility index (Phi) is 6.03. The maximum Gasteiger partial charge on any atom is 0.251 e. The van der Waals surface area contributed by atoms with Gasteiger partial charge in [0.25, 0.3) is 11.5 Å². The summed E-state index contributed by atoms with van der Waals surface area (Å²) in [6.45, 7) is 3.05. The van der Waals surface area contributed by atoms with Crippen molar-refractivity contribution in [3.8, 4) is 0 Å². The van der Waals surface area contributed by atoms with Crippen molar-refractivity contribution in [3.05, 3.63) is 64.1 Å². The molecule has 2 N–H and O–H groups in total. The van der Waals surface area contributed by atoms with E-state index < -0.39 is 0 Å². The highest BCUT2D eigenvalue weighted by atomic mass is 16.5. The zero-order valence-electron chi connectivity index (χ0n) is 15.2. The molecule has 1 atom stereocenters. The molecule has 0 saturated carbocycles. The van der Waals surface area contributed by atoms with Gasteiger partial charge in [-0.3, -0.25) is 14.4 Å². The summed E-state index contributed by atoms with van der Waals surface area (Å²) in [7, 11) is 0. The lowest BCUT2D eigenvalue weighted by atomic mass is 10.2. The highest BCUT2D eigenvalue weighted by Crippen LogP contribution is 2.12. The molecular weight excluding hydrogens is 346 g/mol. The van der Waals surface area contributed by atoms with Crippen LogP contribution in [0, 0.1) is 6.92 Å². The normalized spacial score (nSPS) is 16.1. The van der Waals surface area contributed by atoms with Crippen LogP contribution in [0.4, 0.5) is 5.69 Å². The van der Waals surface area contributed by atoms with E-state index in [1.54, 1.807) is 36.5 Å². The lowest BCUT2D eigenvalue weighted by Crippen LogP contribution is -2.31. The van der Waals surface area contributed by atoms with Gasteiger partial charge in [0.15, 0.2) is 0 Å². The summed E-state index contributed by atoms with van der Waals surface area (Å²) < 4.78 is 6.84. The molecule has 7 nitrogen and oxygen atoms in total. The van der Waals surface area contributed by atoms with Gasteiger partial charge in [0.2, 0.25) is 5.91 Å². The van der Waals surface area contributed by atoms with Crippen molar-refractivity contribution < 1.29 is 14.3 Å². The van der Waals surface area contributed by atoms with E-state index in [1.165, 1.54) is 10.6 Å². The molecule has 142 valence electrons. The predicted molar refractivity (Wildman–Crippen MR) is 102 cm³/mol. The third kappa shape index (κ3) is 5.27. The lowest BCUT2D eigenvalue weighted by Gasteiger charge is -2.11. The van der Waals surface area contributed by atoms with Crippen LogP contribution >= 0.6 is 0 Å². The molecule has 27 heavy (non-hydrogen) atoms. The molecule has 1 aliphatic heterocycles. The number of nitrogens with zero attached hydrogens (tertiary/aromatic N) is 1. The molecule has 2 heterocycles. The monoisotopic (exact) mass is 369 g/mol. The van der Waals surface area contributed by atoms with Gasteiger partial charge in [-0.2, -0.15) is 0 Å². The fraction of sp³-hybridized carbons (Fsp3) is 0.350. The van der Waals surface area contributed by atoms with Crippen LogP contribution in [0.1, 0.15) is 28.8 Å². The molecule has 2 amide bonds. The van der Waals surface area contributed by atoms with E-state index in [0.717, 1.165) is 25.0 Å². The minimum atomic E-state index is -0.307. The van der Waals surface area contributed by atoms with Gasteiger partial charge in [-0.1, -0.05) is 6.07 Å². The summed E-state index contributed by atoms with van der Waals surface area (Å²) >= 11 is 0. The van der Waals surface area contributed by atoms with Crippen molar-refractivity contribution >= 4 is 17.5 Å². The number of hydrogen-bond donors (Lipinski definition) is 2. The van der Waals surface area contributed by atoms with Gasteiger partial charge in [-0.05, 0) is 49.6 Å². The van der Waals surface area contributed by atoms with Crippen LogP contribution in [0.3, 0.4) is 0 Å². The van der Waals surface area contributed by atoms with E-state index in [4.69, 9.17) is 4.74 Å². The number of nitrogens with one attached hydrogen (secondary N) is 2. The third-order valence-corrected chi connectivity index (χ3v) is 4.39. The summed E-state index contributed by atoms with van der Waals surface area (Å²) in [6.07, 6.45) is 3.74. The summed E-state index contributed by atoms with van der Waals surface area (Å²) in [4.78, 5) is 36.1. The lowest BCUT2D eigenvalue weighted by molar-refractivity contribution is -0.116. The first-order valence-corrected chi connectivity index (χ1v) is 8.98. The molecule has 3 rings (SSSR count). The maximum absolute atomic E-state index is 12.2. The van der Waals surface area contributed by atoms with Gasteiger partial charge in [0, 0.05) is 36.7 Å². The Labute approximate surface area is 157 Å². The van der Waals surface area contributed by atoms with Crippen LogP contribution in [0.2, 0.25) is 0 Å². The van der Waals surface area contributed by atoms with Gasteiger partial charge >= 0.3 is 0 Å². The molecule has 1 saturated heterocycles.